The van der Waals surface area contributed by atoms with E-state index < -0.39 is 33.9 Å². The number of rotatable bonds is 5. The Morgan fingerprint density at radius 3 is 2.47 bits per heavy atom. The molecule has 1 unspecified atom stereocenters. The summed E-state index contributed by atoms with van der Waals surface area (Å²) in [6.45, 7) is 3.34. The molecule has 3 rings (SSSR count). The van der Waals surface area contributed by atoms with Gasteiger partial charge < -0.3 is 16.0 Å². The summed E-state index contributed by atoms with van der Waals surface area (Å²) < 4.78 is 28.8. The third-order valence-electron chi connectivity index (χ3n) is 5.07. The van der Waals surface area contributed by atoms with Gasteiger partial charge in [0.25, 0.3) is 15.9 Å². The second kappa shape index (κ2) is 8.25. The zero-order valence-corrected chi connectivity index (χ0v) is 18.6. The monoisotopic (exact) mass is 450 g/mol. The molecule has 1 aliphatic rings. The van der Waals surface area contributed by atoms with Crippen molar-refractivity contribution in [3.8, 4) is 0 Å². The molecule has 10 heteroatoms. The second-order valence-electron chi connectivity index (χ2n) is 7.00. The van der Waals surface area contributed by atoms with Crippen LogP contribution in [-0.2, 0) is 19.6 Å². The number of aryl methyl sites for hydroxylation is 2. The van der Waals surface area contributed by atoms with Crippen LogP contribution in [0.3, 0.4) is 0 Å². The number of carbonyl (C=O) groups is 2. The lowest BCUT2D eigenvalue weighted by Gasteiger charge is -2.40. The summed E-state index contributed by atoms with van der Waals surface area (Å²) >= 11 is 6.15. The molecule has 0 saturated carbocycles. The van der Waals surface area contributed by atoms with Gasteiger partial charge in [0.05, 0.1) is 16.3 Å². The molecular weight excluding hydrogens is 428 g/mol. The number of sulfonamides is 1. The molecule has 0 aliphatic carbocycles. The average Bonchev–Trinajstić information content (AvgIpc) is 2.70. The van der Waals surface area contributed by atoms with Crippen molar-refractivity contribution in [2.45, 2.75) is 30.8 Å². The van der Waals surface area contributed by atoms with Crippen molar-refractivity contribution in [3.63, 3.8) is 0 Å². The molecule has 2 atom stereocenters. The number of para-hydroxylation sites is 2. The van der Waals surface area contributed by atoms with E-state index in [2.05, 4.69) is 16.0 Å². The normalized spacial score (nSPS) is 17.2. The molecule has 3 N–H and O–H groups in total. The predicted molar refractivity (Wildman–Crippen MR) is 116 cm³/mol. The molecule has 0 spiro atoms. The first-order valence-electron chi connectivity index (χ1n) is 9.23. The summed E-state index contributed by atoms with van der Waals surface area (Å²) in [7, 11) is -1.31. The van der Waals surface area contributed by atoms with Gasteiger partial charge >= 0.3 is 0 Å². The van der Waals surface area contributed by atoms with Crippen LogP contribution in [0.25, 0.3) is 0 Å². The van der Waals surface area contributed by atoms with Gasteiger partial charge in [-0.1, -0.05) is 23.7 Å². The number of anilines is 2. The Bertz CT molecular complexity index is 1120. The van der Waals surface area contributed by atoms with Gasteiger partial charge in [-0.3, -0.25) is 9.59 Å². The van der Waals surface area contributed by atoms with Gasteiger partial charge in [-0.2, -0.15) is 0 Å². The molecule has 1 heterocycles. The van der Waals surface area contributed by atoms with E-state index >= 15 is 0 Å². The number of likely N-dealkylation sites (N-methyl/N-ethyl adjacent to an activating group) is 2. The number of hydrogen-bond acceptors (Lipinski definition) is 5. The van der Waals surface area contributed by atoms with Gasteiger partial charge in [0, 0.05) is 12.1 Å². The molecule has 0 fully saturated rings. The number of benzene rings is 2. The van der Waals surface area contributed by atoms with E-state index in [1.165, 1.54) is 20.2 Å². The molecule has 0 bridgehead atoms. The molecule has 0 radical (unpaired) electrons. The number of fused-ring (bicyclic) bond motifs is 1. The molecule has 2 amide bonds. The van der Waals surface area contributed by atoms with Gasteiger partial charge in [-0.05, 0) is 56.3 Å². The second-order valence-corrected chi connectivity index (χ2v) is 9.19. The number of carbonyl (C=O) groups excluding carboxylic acids is 2. The molecule has 2 aromatic rings. The minimum absolute atomic E-state index is 0.0191. The fourth-order valence-corrected chi connectivity index (χ4v) is 5.68. The fraction of sp³-hybridized carbons (Fsp3) is 0.300. The number of amides is 2. The highest BCUT2D eigenvalue weighted by Crippen LogP contribution is 2.38. The van der Waals surface area contributed by atoms with Crippen molar-refractivity contribution in [1.29, 1.82) is 0 Å². The Labute approximate surface area is 180 Å². The van der Waals surface area contributed by atoms with Gasteiger partial charge in [0.15, 0.2) is 0 Å². The first-order valence-corrected chi connectivity index (χ1v) is 11.0. The van der Waals surface area contributed by atoms with Crippen LogP contribution in [0.1, 0.15) is 11.1 Å². The zero-order valence-electron chi connectivity index (χ0n) is 17.0. The maximum Gasteiger partial charge on any atom is 0.265 e. The smallest absolute Gasteiger partial charge is 0.265 e. The Morgan fingerprint density at radius 1 is 1.17 bits per heavy atom. The van der Waals surface area contributed by atoms with Crippen molar-refractivity contribution >= 4 is 44.8 Å². The standard InChI is InChI=1S/C20H23ClN4O4S/c1-11-10-16(12(2)9-13(11)21)30(28,29)25-15-8-6-5-7-14(15)24-20(27)18(25)17(22-3)19(26)23-4/h5-10,17-18,22H,1-4H3,(H,23,26)(H,24,27)/t17?,18-/m0/s1. The SMILES string of the molecule is CNC(=O)C(NC)[C@H]1C(=O)Nc2ccccc2N1S(=O)(=O)c1cc(C)c(Cl)cc1C. The van der Waals surface area contributed by atoms with Crippen LogP contribution in [0, 0.1) is 13.8 Å². The number of nitrogens with zero attached hydrogens (tertiary/aromatic N) is 1. The summed E-state index contributed by atoms with van der Waals surface area (Å²) in [4.78, 5) is 25.5. The highest BCUT2D eigenvalue weighted by Gasteiger charge is 2.47. The molecule has 0 saturated heterocycles. The summed E-state index contributed by atoms with van der Waals surface area (Å²) in [6, 6.07) is 7.16. The lowest BCUT2D eigenvalue weighted by molar-refractivity contribution is -0.127. The largest absolute Gasteiger partial charge is 0.358 e. The van der Waals surface area contributed by atoms with E-state index in [9.17, 15) is 18.0 Å². The van der Waals surface area contributed by atoms with Crippen LogP contribution in [0.5, 0.6) is 0 Å². The van der Waals surface area contributed by atoms with Crippen LogP contribution < -0.4 is 20.3 Å². The Kier molecular flexibility index (Phi) is 6.07. The fourth-order valence-electron chi connectivity index (χ4n) is 3.53. The van der Waals surface area contributed by atoms with E-state index in [1.54, 1.807) is 44.2 Å². The van der Waals surface area contributed by atoms with Crippen LogP contribution in [-0.4, -0.2) is 46.4 Å². The Balaban J connectivity index is 2.29. The molecule has 8 nitrogen and oxygen atoms in total. The van der Waals surface area contributed by atoms with Crippen molar-refractivity contribution in [2.24, 2.45) is 0 Å². The maximum atomic E-state index is 13.9. The third-order valence-corrected chi connectivity index (χ3v) is 7.41. The highest BCUT2D eigenvalue weighted by molar-refractivity contribution is 7.93. The summed E-state index contributed by atoms with van der Waals surface area (Å²) in [6.07, 6.45) is 0. The molecule has 1 aliphatic heterocycles. The third kappa shape index (κ3) is 3.64. The first kappa shape index (κ1) is 22.1. The van der Waals surface area contributed by atoms with Gasteiger partial charge in [0.1, 0.15) is 12.1 Å². The first-order chi connectivity index (χ1) is 14.1. The molecule has 0 aromatic heterocycles. The number of hydrogen-bond donors (Lipinski definition) is 3. The summed E-state index contributed by atoms with van der Waals surface area (Å²) in [5.41, 5.74) is 1.65. The van der Waals surface area contributed by atoms with E-state index in [0.717, 1.165) is 4.31 Å². The Morgan fingerprint density at radius 2 is 1.83 bits per heavy atom. The van der Waals surface area contributed by atoms with E-state index in [4.69, 9.17) is 11.6 Å². The van der Waals surface area contributed by atoms with E-state index in [0.29, 0.717) is 21.8 Å². The van der Waals surface area contributed by atoms with Gasteiger partial charge in [-0.15, -0.1) is 0 Å². The topological polar surface area (TPSA) is 108 Å². The van der Waals surface area contributed by atoms with Crippen LogP contribution in [0.4, 0.5) is 11.4 Å². The number of nitrogens with one attached hydrogen (secondary N) is 3. The minimum Gasteiger partial charge on any atom is -0.358 e. The quantitative estimate of drug-likeness (QED) is 0.644. The molecular formula is C20H23ClN4O4S. The van der Waals surface area contributed by atoms with E-state index in [-0.39, 0.29) is 10.6 Å². The predicted octanol–water partition coefficient (Wildman–Crippen LogP) is 1.81. The van der Waals surface area contributed by atoms with Gasteiger partial charge in [-0.25, -0.2) is 12.7 Å². The number of halogens is 1. The summed E-state index contributed by atoms with van der Waals surface area (Å²) in [5.74, 6) is -1.12. The van der Waals surface area contributed by atoms with Crippen molar-refractivity contribution in [3.05, 3.63) is 52.5 Å². The lowest BCUT2D eigenvalue weighted by Crippen LogP contribution is -2.63. The van der Waals surface area contributed by atoms with Crippen LogP contribution in [0.15, 0.2) is 41.3 Å². The van der Waals surface area contributed by atoms with Crippen molar-refractivity contribution < 1.29 is 18.0 Å². The average molecular weight is 451 g/mol. The minimum atomic E-state index is -4.23. The molecule has 30 heavy (non-hydrogen) atoms. The Hall–Kier alpha value is -2.62. The van der Waals surface area contributed by atoms with Crippen molar-refractivity contribution in [2.75, 3.05) is 23.7 Å². The van der Waals surface area contributed by atoms with Gasteiger partial charge in [0.2, 0.25) is 5.91 Å². The lowest BCUT2D eigenvalue weighted by atomic mass is 10.0. The van der Waals surface area contributed by atoms with E-state index in [1.807, 2.05) is 0 Å². The van der Waals surface area contributed by atoms with Crippen molar-refractivity contribution in [1.82, 2.24) is 10.6 Å². The molecule has 160 valence electrons. The highest BCUT2D eigenvalue weighted by atomic mass is 35.5. The van der Waals surface area contributed by atoms with Crippen LogP contribution in [0.2, 0.25) is 5.02 Å². The molecule has 2 aromatic carbocycles. The summed E-state index contributed by atoms with van der Waals surface area (Å²) in [5, 5.41) is 8.40. The zero-order chi connectivity index (χ0) is 22.2. The van der Waals surface area contributed by atoms with Crippen LogP contribution >= 0.6 is 11.6 Å². The maximum absolute atomic E-state index is 13.9.